The molecule has 6 nitrogen and oxygen atoms in total. The summed E-state index contributed by atoms with van der Waals surface area (Å²) in [6.45, 7) is -0.159. The van der Waals surface area contributed by atoms with Crippen LogP contribution in [0.5, 0.6) is 11.5 Å². The third-order valence-corrected chi connectivity index (χ3v) is 7.18. The number of methoxy groups -OCH3 is 1. The molecule has 4 rings (SSSR count). The summed E-state index contributed by atoms with van der Waals surface area (Å²) in [4.78, 5) is 26.7. The molecule has 0 bridgehead atoms. The highest BCUT2D eigenvalue weighted by Gasteiger charge is 2.35. The van der Waals surface area contributed by atoms with Crippen LogP contribution in [0.4, 0.5) is 11.4 Å². The fourth-order valence-electron chi connectivity index (χ4n) is 3.43. The minimum atomic E-state index is -0.269. The number of carbonyl (C=O) groups is 2. The number of nitrogens with one attached hydrogen (secondary N) is 1. The summed E-state index contributed by atoms with van der Waals surface area (Å²) in [5.74, 6) is 1.12. The third-order valence-electron chi connectivity index (χ3n) is 4.91. The number of anilines is 2. The van der Waals surface area contributed by atoms with Crippen LogP contribution in [0.15, 0.2) is 66.7 Å². The van der Waals surface area contributed by atoms with E-state index in [-0.39, 0.29) is 23.8 Å². The first-order valence-corrected chi connectivity index (χ1v) is 12.5. The van der Waals surface area contributed by atoms with Gasteiger partial charge in [0.15, 0.2) is 18.1 Å². The standard InChI is InChI=1S/C24H20ClIN2O4S/c1-31-20-12-15(24-28(22(30)14-33-24)18-9-7-16(25)8-10-18)11-19(26)23(20)32-13-21(29)27-17-5-3-2-4-6-17/h2-12,24H,13-14H2,1H3,(H,27,29)/t24-/m1/s1. The molecule has 0 spiro atoms. The number of hydrogen-bond acceptors (Lipinski definition) is 5. The Bertz CT molecular complexity index is 1160. The lowest BCUT2D eigenvalue weighted by Crippen LogP contribution is -2.27. The van der Waals surface area contributed by atoms with E-state index in [1.165, 1.54) is 0 Å². The van der Waals surface area contributed by atoms with Crippen LogP contribution in [0.25, 0.3) is 0 Å². The Morgan fingerprint density at radius 3 is 2.61 bits per heavy atom. The second-order valence-corrected chi connectivity index (χ2v) is 9.81. The first-order chi connectivity index (χ1) is 16.0. The molecular formula is C24H20ClIN2O4S. The van der Waals surface area contributed by atoms with E-state index in [2.05, 4.69) is 27.9 Å². The molecule has 1 heterocycles. The summed E-state index contributed by atoms with van der Waals surface area (Å²) in [5.41, 5.74) is 2.39. The highest BCUT2D eigenvalue weighted by molar-refractivity contribution is 14.1. The Labute approximate surface area is 214 Å². The summed E-state index contributed by atoms with van der Waals surface area (Å²) >= 11 is 9.71. The third kappa shape index (κ3) is 5.56. The lowest BCUT2D eigenvalue weighted by molar-refractivity contribution is -0.118. The van der Waals surface area contributed by atoms with Gasteiger partial charge in [0.2, 0.25) is 5.91 Å². The zero-order chi connectivity index (χ0) is 23.4. The number of halogens is 2. The Kier molecular flexibility index (Phi) is 7.67. The van der Waals surface area contributed by atoms with E-state index in [1.54, 1.807) is 35.9 Å². The van der Waals surface area contributed by atoms with Gasteiger partial charge in [-0.15, -0.1) is 11.8 Å². The van der Waals surface area contributed by atoms with Crippen LogP contribution >= 0.6 is 46.0 Å². The van der Waals surface area contributed by atoms with Crippen LogP contribution in [-0.4, -0.2) is 31.3 Å². The van der Waals surface area contributed by atoms with Gasteiger partial charge < -0.3 is 14.8 Å². The molecule has 1 fully saturated rings. The molecule has 0 unspecified atom stereocenters. The SMILES string of the molecule is COc1cc([C@H]2SCC(=O)N2c2ccc(Cl)cc2)cc(I)c1OCC(=O)Nc1ccccc1. The molecule has 3 aromatic carbocycles. The summed E-state index contributed by atoms with van der Waals surface area (Å²) in [7, 11) is 1.55. The quantitative estimate of drug-likeness (QED) is 0.353. The first kappa shape index (κ1) is 23.7. The second-order valence-electron chi connectivity index (χ2n) is 7.14. The summed E-state index contributed by atoms with van der Waals surface area (Å²) in [5, 5.41) is 3.20. The van der Waals surface area contributed by atoms with E-state index in [9.17, 15) is 9.59 Å². The van der Waals surface area contributed by atoms with Gasteiger partial charge in [-0.3, -0.25) is 14.5 Å². The topological polar surface area (TPSA) is 67.9 Å². The highest BCUT2D eigenvalue weighted by Crippen LogP contribution is 2.45. The van der Waals surface area contributed by atoms with Crippen molar-refractivity contribution in [3.8, 4) is 11.5 Å². The zero-order valence-corrected chi connectivity index (χ0v) is 21.3. The average Bonchev–Trinajstić information content (AvgIpc) is 3.20. The number of para-hydroxylation sites is 1. The highest BCUT2D eigenvalue weighted by atomic mass is 127. The van der Waals surface area contributed by atoms with Gasteiger partial charge in [-0.25, -0.2) is 0 Å². The number of ether oxygens (including phenoxy) is 2. The van der Waals surface area contributed by atoms with Crippen molar-refractivity contribution in [3.05, 3.63) is 80.9 Å². The number of benzene rings is 3. The van der Waals surface area contributed by atoms with Crippen LogP contribution < -0.4 is 19.7 Å². The van der Waals surface area contributed by atoms with Crippen LogP contribution in [0.3, 0.4) is 0 Å². The van der Waals surface area contributed by atoms with E-state index in [0.717, 1.165) is 14.8 Å². The summed E-state index contributed by atoms with van der Waals surface area (Å²) in [6, 6.07) is 20.2. The Balaban J connectivity index is 1.53. The Hall–Kier alpha value is -2.43. The number of thioether (sulfide) groups is 1. The van der Waals surface area contributed by atoms with Crippen LogP contribution in [0.2, 0.25) is 5.02 Å². The summed E-state index contributed by atoms with van der Waals surface area (Å²) < 4.78 is 12.2. The zero-order valence-electron chi connectivity index (χ0n) is 17.6. The van der Waals surface area contributed by atoms with Gasteiger partial charge in [-0.05, 0) is 76.7 Å². The van der Waals surface area contributed by atoms with E-state index in [1.807, 2.05) is 54.6 Å². The average molecular weight is 595 g/mol. The normalized spacial score (nSPS) is 15.4. The molecule has 2 amide bonds. The molecule has 1 saturated heterocycles. The van der Waals surface area contributed by atoms with Gasteiger partial charge in [0.25, 0.3) is 5.91 Å². The predicted octanol–water partition coefficient (Wildman–Crippen LogP) is 5.75. The number of carbonyl (C=O) groups excluding carboxylic acids is 2. The van der Waals surface area contributed by atoms with E-state index < -0.39 is 0 Å². The maximum Gasteiger partial charge on any atom is 0.262 e. The van der Waals surface area contributed by atoms with Crippen molar-refractivity contribution in [1.82, 2.24) is 0 Å². The van der Waals surface area contributed by atoms with E-state index in [0.29, 0.717) is 28.0 Å². The van der Waals surface area contributed by atoms with Crippen molar-refractivity contribution in [2.75, 3.05) is 29.7 Å². The van der Waals surface area contributed by atoms with Crippen LogP contribution in [0, 0.1) is 3.57 Å². The van der Waals surface area contributed by atoms with Crippen molar-refractivity contribution in [2.24, 2.45) is 0 Å². The number of rotatable bonds is 7. The Morgan fingerprint density at radius 2 is 1.91 bits per heavy atom. The summed E-state index contributed by atoms with van der Waals surface area (Å²) in [6.07, 6.45) is 0. The minimum absolute atomic E-state index is 0.0270. The molecule has 0 aromatic heterocycles. The Morgan fingerprint density at radius 1 is 1.18 bits per heavy atom. The predicted molar refractivity (Wildman–Crippen MR) is 140 cm³/mol. The smallest absolute Gasteiger partial charge is 0.262 e. The van der Waals surface area contributed by atoms with Crippen molar-refractivity contribution in [1.29, 1.82) is 0 Å². The lowest BCUT2D eigenvalue weighted by atomic mass is 10.1. The second kappa shape index (κ2) is 10.7. The molecule has 33 heavy (non-hydrogen) atoms. The number of amides is 2. The fraction of sp³-hybridized carbons (Fsp3) is 0.167. The number of nitrogens with zero attached hydrogens (tertiary/aromatic N) is 1. The molecule has 0 saturated carbocycles. The van der Waals surface area contributed by atoms with E-state index >= 15 is 0 Å². The fourth-order valence-corrected chi connectivity index (χ4v) is 5.49. The van der Waals surface area contributed by atoms with Crippen LogP contribution in [0.1, 0.15) is 10.9 Å². The lowest BCUT2D eigenvalue weighted by Gasteiger charge is -2.25. The molecule has 170 valence electrons. The van der Waals surface area contributed by atoms with Crippen molar-refractivity contribution >= 4 is 69.1 Å². The van der Waals surface area contributed by atoms with Gasteiger partial charge in [-0.1, -0.05) is 29.8 Å². The first-order valence-electron chi connectivity index (χ1n) is 10.0. The molecule has 1 N–H and O–H groups in total. The van der Waals surface area contributed by atoms with E-state index in [4.69, 9.17) is 21.1 Å². The van der Waals surface area contributed by atoms with Crippen molar-refractivity contribution in [3.63, 3.8) is 0 Å². The molecule has 0 aliphatic carbocycles. The van der Waals surface area contributed by atoms with Gasteiger partial charge in [-0.2, -0.15) is 0 Å². The molecule has 0 radical (unpaired) electrons. The van der Waals surface area contributed by atoms with Gasteiger partial charge >= 0.3 is 0 Å². The molecule has 1 aliphatic heterocycles. The molecule has 3 aromatic rings. The monoisotopic (exact) mass is 594 g/mol. The molecule has 9 heteroatoms. The minimum Gasteiger partial charge on any atom is -0.493 e. The van der Waals surface area contributed by atoms with Gasteiger partial charge in [0.05, 0.1) is 16.4 Å². The van der Waals surface area contributed by atoms with Gasteiger partial charge in [0, 0.05) is 16.4 Å². The molecule has 1 aliphatic rings. The van der Waals surface area contributed by atoms with Crippen molar-refractivity contribution in [2.45, 2.75) is 5.37 Å². The van der Waals surface area contributed by atoms with Gasteiger partial charge in [0.1, 0.15) is 5.37 Å². The van der Waals surface area contributed by atoms with Crippen LogP contribution in [-0.2, 0) is 9.59 Å². The molecule has 1 atom stereocenters. The number of hydrogen-bond donors (Lipinski definition) is 1. The molecular weight excluding hydrogens is 575 g/mol. The maximum absolute atomic E-state index is 12.6. The largest absolute Gasteiger partial charge is 0.493 e. The maximum atomic E-state index is 12.6. The van der Waals surface area contributed by atoms with Crippen molar-refractivity contribution < 1.29 is 19.1 Å².